The molecule has 1 aromatic heterocycles. The molecule has 0 unspecified atom stereocenters. The summed E-state index contributed by atoms with van der Waals surface area (Å²) in [5, 5.41) is 22.7. The zero-order chi connectivity index (χ0) is 15.2. The lowest BCUT2D eigenvalue weighted by Gasteiger charge is -2.13. The summed E-state index contributed by atoms with van der Waals surface area (Å²) in [7, 11) is 1.64. The molecule has 1 aromatic carbocycles. The molecule has 1 heterocycles. The molecule has 0 atom stereocenters. The zero-order valence-electron chi connectivity index (χ0n) is 12.3. The average molecular weight is 288 g/mol. The van der Waals surface area contributed by atoms with Crippen LogP contribution in [0.5, 0.6) is 11.5 Å². The summed E-state index contributed by atoms with van der Waals surface area (Å²) in [6.45, 7) is 2.64. The number of nitrogens with one attached hydrogen (secondary N) is 1. The molecule has 0 radical (unpaired) electrons. The number of hydrogen-bond acceptors (Lipinski definition) is 5. The van der Waals surface area contributed by atoms with Crippen molar-refractivity contribution in [2.24, 2.45) is 0 Å². The molecule has 0 saturated carbocycles. The van der Waals surface area contributed by atoms with Gasteiger partial charge in [0.05, 0.1) is 19.4 Å². The van der Waals surface area contributed by atoms with Gasteiger partial charge in [0.15, 0.2) is 0 Å². The van der Waals surface area contributed by atoms with Gasteiger partial charge in [-0.1, -0.05) is 18.2 Å². The minimum Gasteiger partial charge on any atom is -0.506 e. The average Bonchev–Trinajstić information content (AvgIpc) is 2.52. The molecular formula is C16H20N2O3. The lowest BCUT2D eigenvalue weighted by Crippen LogP contribution is -2.15. The molecule has 0 bridgehead atoms. The van der Waals surface area contributed by atoms with Crippen molar-refractivity contribution in [1.82, 2.24) is 10.3 Å². The molecule has 0 fully saturated rings. The summed E-state index contributed by atoms with van der Waals surface area (Å²) >= 11 is 0. The van der Waals surface area contributed by atoms with Gasteiger partial charge in [0.25, 0.3) is 0 Å². The zero-order valence-corrected chi connectivity index (χ0v) is 12.3. The van der Waals surface area contributed by atoms with E-state index in [4.69, 9.17) is 4.74 Å². The van der Waals surface area contributed by atoms with Crippen molar-refractivity contribution in [3.63, 3.8) is 0 Å². The van der Waals surface area contributed by atoms with E-state index in [9.17, 15) is 10.2 Å². The second kappa shape index (κ2) is 7.06. The summed E-state index contributed by atoms with van der Waals surface area (Å²) in [6.07, 6.45) is 1.59. The van der Waals surface area contributed by atoms with E-state index >= 15 is 0 Å². The van der Waals surface area contributed by atoms with Gasteiger partial charge in [0.1, 0.15) is 11.5 Å². The number of rotatable bonds is 6. The number of para-hydroxylation sites is 1. The fourth-order valence-electron chi connectivity index (χ4n) is 2.19. The number of pyridine rings is 1. The van der Waals surface area contributed by atoms with Crippen molar-refractivity contribution in [2.75, 3.05) is 7.11 Å². The highest BCUT2D eigenvalue weighted by Gasteiger charge is 2.11. The van der Waals surface area contributed by atoms with Crippen LogP contribution in [-0.2, 0) is 19.7 Å². The SMILES string of the molecule is COc1ccccc1CNCc1c(CO)cnc(C)c1O. The molecule has 2 rings (SSSR count). The summed E-state index contributed by atoms with van der Waals surface area (Å²) in [5.41, 5.74) is 2.91. The van der Waals surface area contributed by atoms with Crippen LogP contribution in [0.1, 0.15) is 22.4 Å². The highest BCUT2D eigenvalue weighted by atomic mass is 16.5. The lowest BCUT2D eigenvalue weighted by molar-refractivity contribution is 0.278. The van der Waals surface area contributed by atoms with E-state index in [2.05, 4.69) is 10.3 Å². The molecule has 2 aromatic rings. The largest absolute Gasteiger partial charge is 0.506 e. The number of aryl methyl sites for hydroxylation is 1. The lowest BCUT2D eigenvalue weighted by atomic mass is 10.1. The molecule has 0 aliphatic heterocycles. The maximum Gasteiger partial charge on any atom is 0.141 e. The first-order valence-electron chi connectivity index (χ1n) is 6.77. The number of hydrogen-bond donors (Lipinski definition) is 3. The number of aliphatic hydroxyl groups excluding tert-OH is 1. The van der Waals surface area contributed by atoms with Crippen LogP contribution in [0.4, 0.5) is 0 Å². The number of nitrogens with zero attached hydrogens (tertiary/aromatic N) is 1. The Labute approximate surface area is 124 Å². The van der Waals surface area contributed by atoms with E-state index in [-0.39, 0.29) is 12.4 Å². The third-order valence-corrected chi connectivity index (χ3v) is 3.41. The van der Waals surface area contributed by atoms with Gasteiger partial charge in [-0.2, -0.15) is 0 Å². The van der Waals surface area contributed by atoms with E-state index in [1.807, 2.05) is 24.3 Å². The monoisotopic (exact) mass is 288 g/mol. The molecule has 0 amide bonds. The Morgan fingerprint density at radius 3 is 2.67 bits per heavy atom. The number of ether oxygens (including phenoxy) is 1. The number of aromatic nitrogens is 1. The van der Waals surface area contributed by atoms with Crippen LogP contribution in [-0.4, -0.2) is 22.3 Å². The molecule has 0 spiro atoms. The normalized spacial score (nSPS) is 10.6. The fourth-order valence-corrected chi connectivity index (χ4v) is 2.19. The maximum absolute atomic E-state index is 10.1. The van der Waals surface area contributed by atoms with Gasteiger partial charge >= 0.3 is 0 Å². The quantitative estimate of drug-likeness (QED) is 0.757. The van der Waals surface area contributed by atoms with Crippen molar-refractivity contribution in [1.29, 1.82) is 0 Å². The predicted octanol–water partition coefficient (Wildman–Crippen LogP) is 1.89. The van der Waals surface area contributed by atoms with Gasteiger partial charge in [-0.25, -0.2) is 0 Å². The molecule has 112 valence electrons. The standard InChI is InChI=1S/C16H20N2O3/c1-11-16(20)14(13(10-19)8-18-11)9-17-7-12-5-3-4-6-15(12)21-2/h3-6,8,17,19-20H,7,9-10H2,1-2H3. The molecule has 3 N–H and O–H groups in total. The highest BCUT2D eigenvalue weighted by Crippen LogP contribution is 2.24. The minimum absolute atomic E-state index is 0.133. The number of aromatic hydroxyl groups is 1. The topological polar surface area (TPSA) is 74.6 Å². The first kappa shape index (κ1) is 15.3. The fraction of sp³-hybridized carbons (Fsp3) is 0.312. The van der Waals surface area contributed by atoms with Crippen LogP contribution >= 0.6 is 0 Å². The third-order valence-electron chi connectivity index (χ3n) is 3.41. The van der Waals surface area contributed by atoms with Crippen LogP contribution in [0, 0.1) is 6.92 Å². The molecule has 0 aliphatic carbocycles. The third kappa shape index (κ3) is 3.51. The van der Waals surface area contributed by atoms with Crippen LogP contribution in [0.2, 0.25) is 0 Å². The Morgan fingerprint density at radius 1 is 1.19 bits per heavy atom. The van der Waals surface area contributed by atoms with Crippen LogP contribution in [0.15, 0.2) is 30.5 Å². The van der Waals surface area contributed by atoms with Crippen molar-refractivity contribution in [3.8, 4) is 11.5 Å². The first-order chi connectivity index (χ1) is 10.2. The van der Waals surface area contributed by atoms with E-state index in [1.165, 1.54) is 0 Å². The number of benzene rings is 1. The Bertz CT molecular complexity index is 614. The highest BCUT2D eigenvalue weighted by molar-refractivity contribution is 5.40. The molecular weight excluding hydrogens is 268 g/mol. The number of methoxy groups -OCH3 is 1. The van der Waals surface area contributed by atoms with Crippen molar-refractivity contribution >= 4 is 0 Å². The molecule has 21 heavy (non-hydrogen) atoms. The minimum atomic E-state index is -0.146. The van der Waals surface area contributed by atoms with Gasteiger partial charge in [-0.05, 0) is 13.0 Å². The first-order valence-corrected chi connectivity index (χ1v) is 6.77. The van der Waals surface area contributed by atoms with Crippen LogP contribution in [0.25, 0.3) is 0 Å². The Balaban J connectivity index is 2.08. The van der Waals surface area contributed by atoms with Crippen molar-refractivity contribution in [2.45, 2.75) is 26.6 Å². The Morgan fingerprint density at radius 2 is 1.95 bits per heavy atom. The van der Waals surface area contributed by atoms with Gasteiger partial charge in [-0.15, -0.1) is 0 Å². The van der Waals surface area contributed by atoms with E-state index < -0.39 is 0 Å². The number of aliphatic hydroxyl groups is 1. The van der Waals surface area contributed by atoms with Gasteiger partial charge < -0.3 is 20.3 Å². The molecule has 0 saturated heterocycles. The van der Waals surface area contributed by atoms with Gasteiger partial charge in [-0.3, -0.25) is 4.98 Å². The maximum atomic E-state index is 10.1. The van der Waals surface area contributed by atoms with Crippen LogP contribution in [0.3, 0.4) is 0 Å². The smallest absolute Gasteiger partial charge is 0.141 e. The molecule has 0 aliphatic rings. The summed E-state index contributed by atoms with van der Waals surface area (Å²) in [6, 6.07) is 7.76. The Kier molecular flexibility index (Phi) is 5.14. The second-order valence-electron chi connectivity index (χ2n) is 4.77. The molecule has 5 heteroatoms. The van der Waals surface area contributed by atoms with Crippen LogP contribution < -0.4 is 10.1 Å². The van der Waals surface area contributed by atoms with Crippen molar-refractivity contribution in [3.05, 3.63) is 52.8 Å². The van der Waals surface area contributed by atoms with Gasteiger partial charge in [0, 0.05) is 36.0 Å². The van der Waals surface area contributed by atoms with E-state index in [0.29, 0.717) is 29.9 Å². The van der Waals surface area contributed by atoms with Crippen molar-refractivity contribution < 1.29 is 14.9 Å². The molecule has 5 nitrogen and oxygen atoms in total. The van der Waals surface area contributed by atoms with Gasteiger partial charge in [0.2, 0.25) is 0 Å². The Hall–Kier alpha value is -2.11. The predicted molar refractivity (Wildman–Crippen MR) is 80.1 cm³/mol. The summed E-state index contributed by atoms with van der Waals surface area (Å²) in [5.74, 6) is 0.955. The van der Waals surface area contributed by atoms with E-state index in [0.717, 1.165) is 11.3 Å². The van der Waals surface area contributed by atoms with E-state index in [1.54, 1.807) is 20.2 Å². The summed E-state index contributed by atoms with van der Waals surface area (Å²) < 4.78 is 5.30. The second-order valence-corrected chi connectivity index (χ2v) is 4.77. The summed E-state index contributed by atoms with van der Waals surface area (Å²) in [4.78, 5) is 4.05.